The minimum absolute atomic E-state index is 0.351. The predicted molar refractivity (Wildman–Crippen MR) is 117 cm³/mol. The largest absolute Gasteiger partial charge is 0.346 e. The van der Waals surface area contributed by atoms with Gasteiger partial charge in [0, 0.05) is 23.8 Å². The number of rotatable bonds is 6. The molecular formula is C22H28N6O2. The summed E-state index contributed by atoms with van der Waals surface area (Å²) in [7, 11) is 0. The van der Waals surface area contributed by atoms with Crippen molar-refractivity contribution in [2.24, 2.45) is 0 Å². The summed E-state index contributed by atoms with van der Waals surface area (Å²) < 4.78 is 2.63. The Morgan fingerprint density at radius 2 is 1.27 bits per heavy atom. The van der Waals surface area contributed by atoms with E-state index in [-0.39, 0.29) is 12.1 Å². The molecule has 0 aliphatic rings. The van der Waals surface area contributed by atoms with Crippen LogP contribution in [0.25, 0.3) is 0 Å². The van der Waals surface area contributed by atoms with Gasteiger partial charge in [-0.15, -0.1) is 0 Å². The molecule has 8 nitrogen and oxygen atoms in total. The second-order valence-corrected chi connectivity index (χ2v) is 7.31. The van der Waals surface area contributed by atoms with Gasteiger partial charge in [-0.05, 0) is 56.0 Å². The zero-order chi connectivity index (χ0) is 21.7. The molecule has 0 saturated carbocycles. The van der Waals surface area contributed by atoms with Gasteiger partial charge in [-0.1, -0.05) is 32.8 Å². The Bertz CT molecular complexity index is 970. The fourth-order valence-corrected chi connectivity index (χ4v) is 3.27. The lowest BCUT2D eigenvalue weighted by molar-refractivity contribution is 0.250. The third-order valence-corrected chi connectivity index (χ3v) is 4.82. The number of benzene rings is 1. The molecule has 3 aromatic rings. The SMILES string of the molecule is CCCc1cn(C(=O)Nc2cccc(NC(=O)n3cc(CCC)c(C)n3)c2)nc1C. The first-order valence-electron chi connectivity index (χ1n) is 10.2. The van der Waals surface area contributed by atoms with Crippen LogP contribution in [0, 0.1) is 13.8 Å². The number of hydrogen-bond acceptors (Lipinski definition) is 4. The highest BCUT2D eigenvalue weighted by molar-refractivity contribution is 5.93. The third kappa shape index (κ3) is 4.94. The van der Waals surface area contributed by atoms with Crippen LogP contribution in [0.4, 0.5) is 21.0 Å². The monoisotopic (exact) mass is 408 g/mol. The van der Waals surface area contributed by atoms with Crippen molar-refractivity contribution in [2.75, 3.05) is 10.6 Å². The summed E-state index contributed by atoms with van der Waals surface area (Å²) in [6.45, 7) is 7.97. The molecule has 0 saturated heterocycles. The standard InChI is InChI=1S/C22H28N6O2/c1-5-8-17-13-27(25-15(17)3)21(29)23-19-10-7-11-20(12-19)24-22(30)28-14-18(9-6-2)16(4)26-28/h7,10-14H,5-6,8-9H2,1-4H3,(H,23,29)(H,24,30). The summed E-state index contributed by atoms with van der Waals surface area (Å²) in [4.78, 5) is 25.1. The number of nitrogens with zero attached hydrogens (tertiary/aromatic N) is 4. The van der Waals surface area contributed by atoms with Gasteiger partial charge in [0.2, 0.25) is 0 Å². The number of nitrogens with one attached hydrogen (secondary N) is 2. The van der Waals surface area contributed by atoms with E-state index in [1.165, 1.54) is 9.36 Å². The maximum absolute atomic E-state index is 12.5. The number of aromatic nitrogens is 4. The van der Waals surface area contributed by atoms with Crippen LogP contribution in [0.3, 0.4) is 0 Å². The van der Waals surface area contributed by atoms with Crippen molar-refractivity contribution in [2.45, 2.75) is 53.4 Å². The predicted octanol–water partition coefficient (Wildman–Crippen LogP) is 4.76. The molecule has 0 aliphatic carbocycles. The van der Waals surface area contributed by atoms with Crippen LogP contribution in [0.15, 0.2) is 36.7 Å². The highest BCUT2D eigenvalue weighted by Gasteiger charge is 2.13. The van der Waals surface area contributed by atoms with Crippen LogP contribution < -0.4 is 10.6 Å². The fraction of sp³-hybridized carbons (Fsp3) is 0.364. The Balaban J connectivity index is 1.68. The van der Waals surface area contributed by atoms with Crippen molar-refractivity contribution >= 4 is 23.4 Å². The second kappa shape index (κ2) is 9.39. The van der Waals surface area contributed by atoms with Gasteiger partial charge in [-0.2, -0.15) is 19.6 Å². The van der Waals surface area contributed by atoms with E-state index in [0.29, 0.717) is 11.4 Å². The van der Waals surface area contributed by atoms with E-state index in [4.69, 9.17) is 0 Å². The molecule has 8 heteroatoms. The van der Waals surface area contributed by atoms with Crippen LogP contribution in [0.5, 0.6) is 0 Å². The van der Waals surface area contributed by atoms with Gasteiger partial charge in [-0.25, -0.2) is 9.59 Å². The van der Waals surface area contributed by atoms with Gasteiger partial charge in [0.25, 0.3) is 0 Å². The molecular weight excluding hydrogens is 380 g/mol. The normalized spacial score (nSPS) is 10.8. The number of amides is 2. The summed E-state index contributed by atoms with van der Waals surface area (Å²) in [6.07, 6.45) is 7.26. The summed E-state index contributed by atoms with van der Waals surface area (Å²) in [5, 5.41) is 14.2. The van der Waals surface area contributed by atoms with Crippen molar-refractivity contribution in [1.82, 2.24) is 19.6 Å². The first-order valence-corrected chi connectivity index (χ1v) is 10.2. The minimum atomic E-state index is -0.351. The number of anilines is 2. The molecule has 0 bridgehead atoms. The van der Waals surface area contributed by atoms with E-state index < -0.39 is 0 Å². The van der Waals surface area contributed by atoms with Crippen LogP contribution in [0.2, 0.25) is 0 Å². The minimum Gasteiger partial charge on any atom is -0.306 e. The van der Waals surface area contributed by atoms with Crippen molar-refractivity contribution in [3.8, 4) is 0 Å². The molecule has 30 heavy (non-hydrogen) atoms. The van der Waals surface area contributed by atoms with E-state index in [0.717, 1.165) is 48.2 Å². The lowest BCUT2D eigenvalue weighted by Crippen LogP contribution is -2.21. The first kappa shape index (κ1) is 21.3. The van der Waals surface area contributed by atoms with E-state index >= 15 is 0 Å². The molecule has 0 atom stereocenters. The number of carbonyl (C=O) groups is 2. The molecule has 0 radical (unpaired) electrons. The van der Waals surface area contributed by atoms with Crippen LogP contribution in [0.1, 0.15) is 49.2 Å². The van der Waals surface area contributed by atoms with Crippen LogP contribution in [-0.2, 0) is 12.8 Å². The molecule has 0 fully saturated rings. The Morgan fingerprint density at radius 3 is 1.67 bits per heavy atom. The van der Waals surface area contributed by atoms with Crippen molar-refractivity contribution in [1.29, 1.82) is 0 Å². The zero-order valence-electron chi connectivity index (χ0n) is 17.9. The van der Waals surface area contributed by atoms with Crippen LogP contribution in [-0.4, -0.2) is 31.6 Å². The average Bonchev–Trinajstić information content (AvgIpc) is 3.26. The molecule has 2 N–H and O–H groups in total. The molecule has 2 aromatic heterocycles. The number of hydrogen-bond donors (Lipinski definition) is 2. The van der Waals surface area contributed by atoms with E-state index in [9.17, 15) is 9.59 Å². The average molecular weight is 409 g/mol. The smallest absolute Gasteiger partial charge is 0.306 e. The first-order chi connectivity index (χ1) is 14.4. The highest BCUT2D eigenvalue weighted by Crippen LogP contribution is 2.17. The van der Waals surface area contributed by atoms with Gasteiger partial charge in [0.1, 0.15) is 0 Å². The summed E-state index contributed by atoms with van der Waals surface area (Å²) in [6, 6.07) is 6.27. The topological polar surface area (TPSA) is 93.8 Å². The maximum Gasteiger partial charge on any atom is 0.346 e. The summed E-state index contributed by atoms with van der Waals surface area (Å²) in [5.41, 5.74) is 4.95. The number of aryl methyl sites for hydroxylation is 4. The van der Waals surface area contributed by atoms with Gasteiger partial charge in [0.05, 0.1) is 11.4 Å². The van der Waals surface area contributed by atoms with Gasteiger partial charge >= 0.3 is 12.1 Å². The van der Waals surface area contributed by atoms with Gasteiger partial charge in [0.15, 0.2) is 0 Å². The molecule has 158 valence electrons. The number of carbonyl (C=O) groups excluding carboxylic acids is 2. The van der Waals surface area contributed by atoms with E-state index in [1.54, 1.807) is 36.7 Å². The van der Waals surface area contributed by atoms with E-state index in [1.807, 2.05) is 13.8 Å². The van der Waals surface area contributed by atoms with Crippen molar-refractivity contribution in [3.63, 3.8) is 0 Å². The third-order valence-electron chi connectivity index (χ3n) is 4.82. The Labute approximate surface area is 176 Å². The van der Waals surface area contributed by atoms with Gasteiger partial charge < -0.3 is 10.6 Å². The Kier molecular flexibility index (Phi) is 6.66. The molecule has 0 unspecified atom stereocenters. The Hall–Kier alpha value is -3.42. The second-order valence-electron chi connectivity index (χ2n) is 7.31. The van der Waals surface area contributed by atoms with E-state index in [2.05, 4.69) is 34.7 Å². The lowest BCUT2D eigenvalue weighted by Gasteiger charge is -2.08. The maximum atomic E-state index is 12.5. The summed E-state index contributed by atoms with van der Waals surface area (Å²) in [5.74, 6) is 0. The van der Waals surface area contributed by atoms with Crippen LogP contribution >= 0.6 is 0 Å². The van der Waals surface area contributed by atoms with Crippen molar-refractivity contribution in [3.05, 3.63) is 59.2 Å². The fourth-order valence-electron chi connectivity index (χ4n) is 3.27. The molecule has 2 heterocycles. The lowest BCUT2D eigenvalue weighted by atomic mass is 10.2. The molecule has 1 aromatic carbocycles. The van der Waals surface area contributed by atoms with Gasteiger partial charge in [-0.3, -0.25) is 0 Å². The summed E-state index contributed by atoms with van der Waals surface area (Å²) >= 11 is 0. The highest BCUT2D eigenvalue weighted by atomic mass is 16.2. The molecule has 0 aliphatic heterocycles. The van der Waals surface area contributed by atoms with Crippen molar-refractivity contribution < 1.29 is 9.59 Å². The molecule has 3 rings (SSSR count). The zero-order valence-corrected chi connectivity index (χ0v) is 17.9. The quantitative estimate of drug-likeness (QED) is 0.615. The molecule has 0 spiro atoms. The Morgan fingerprint density at radius 1 is 0.833 bits per heavy atom. The molecule has 2 amide bonds.